The molecule has 0 aliphatic heterocycles. The first-order valence-corrected chi connectivity index (χ1v) is 6.19. The van der Waals surface area contributed by atoms with Gasteiger partial charge in [0.1, 0.15) is 0 Å². The maximum atomic E-state index is 8.56. The Hall–Kier alpha value is 0.159. The molecule has 0 rings (SSSR count). The normalized spacial score (nSPS) is 8.00. The third kappa shape index (κ3) is 127000. The molecule has 0 aliphatic carbocycles. The monoisotopic (exact) mass is 380 g/mol. The largest absolute Gasteiger partial charge is 4.00 e. The minimum Gasteiger partial charge on any atom is -0.439 e. The maximum absolute atomic E-state index is 8.56. The summed E-state index contributed by atoms with van der Waals surface area (Å²) in [6.45, 7) is 0. The van der Waals surface area contributed by atoms with Gasteiger partial charge >= 0.3 is 17.1 Å². The molecular formula is H4FeO12S4. The van der Waals surface area contributed by atoms with E-state index in [1.54, 1.807) is 0 Å². The van der Waals surface area contributed by atoms with Crippen molar-refractivity contribution in [2.45, 2.75) is 0 Å². The van der Waals surface area contributed by atoms with Crippen LogP contribution in [0.25, 0.3) is 0 Å². The average molecular weight is 380 g/mol. The Labute approximate surface area is 113 Å². The van der Waals surface area contributed by atoms with Crippen molar-refractivity contribution in [3.05, 3.63) is 0 Å². The third-order valence-corrected chi connectivity index (χ3v) is 0. The predicted molar refractivity (Wildman–Crippen MR) is 45.5 cm³/mol. The van der Waals surface area contributed by atoms with Crippen LogP contribution in [0.2, 0.25) is 0 Å². The molecule has 0 aromatic rings. The van der Waals surface area contributed by atoms with Gasteiger partial charge in [0.2, 0.25) is 0 Å². The van der Waals surface area contributed by atoms with Gasteiger partial charge in [-0.15, -0.1) is 0 Å². The maximum Gasteiger partial charge on any atom is 4.00 e. The molecule has 0 aromatic carbocycles. The Morgan fingerprint density at radius 2 is 0.412 bits per heavy atom. The molecule has 0 unspecified atom stereocenters. The second-order valence-corrected chi connectivity index (χ2v) is 2.61. The smallest absolute Gasteiger partial charge is 0.439 e. The summed E-state index contributed by atoms with van der Waals surface area (Å²) in [5, 5.41) is 0. The van der Waals surface area contributed by atoms with Gasteiger partial charge in [0, 0.05) is 43.9 Å². The van der Waals surface area contributed by atoms with Crippen LogP contribution in [-0.4, -0.2) is 18.2 Å². The van der Waals surface area contributed by atoms with Gasteiger partial charge < -0.3 is 51.9 Å². The molecule has 108 valence electrons. The van der Waals surface area contributed by atoms with Crippen LogP contribution in [0.15, 0.2) is 0 Å². The van der Waals surface area contributed by atoms with E-state index in [1.807, 2.05) is 0 Å². The van der Waals surface area contributed by atoms with E-state index in [0.29, 0.717) is 0 Å². The van der Waals surface area contributed by atoms with E-state index in [2.05, 4.69) is 0 Å². The molecule has 0 saturated heterocycles. The van der Waals surface area contributed by atoms with Crippen molar-refractivity contribution < 1.29 is 69.0 Å². The molecule has 17 heteroatoms. The van der Waals surface area contributed by atoms with Crippen LogP contribution in [0.3, 0.4) is 0 Å². The summed E-state index contributed by atoms with van der Waals surface area (Å²) >= 11 is 0. The standard InChI is InChI=1S/Fe.4HO3S/c;4*1-4(2)3/h;4*(H,1,2,3)/q+4;4*-1. The second kappa shape index (κ2) is 25.1. The van der Waals surface area contributed by atoms with Gasteiger partial charge in [0.15, 0.2) is 0 Å². The zero-order chi connectivity index (χ0) is 14.3. The van der Waals surface area contributed by atoms with Crippen LogP contribution in [0, 0.1) is 0 Å². The van der Waals surface area contributed by atoms with E-state index >= 15 is 0 Å². The first-order valence-electron chi connectivity index (χ1n) is 2.06. The van der Waals surface area contributed by atoms with E-state index in [0.717, 1.165) is 0 Å². The molecule has 0 heterocycles. The first kappa shape index (κ1) is 30.3. The van der Waals surface area contributed by atoms with Gasteiger partial charge in [0.05, 0.1) is 0 Å². The number of hydrogen-bond donors (Lipinski definition) is 4. The Morgan fingerprint density at radius 1 is 0.412 bits per heavy atom. The number of hydrogen-bond acceptors (Lipinski definition) is 12. The summed E-state index contributed by atoms with van der Waals surface area (Å²) in [5.74, 6) is 0. The van der Waals surface area contributed by atoms with Crippen molar-refractivity contribution in [1.29, 1.82) is 0 Å². The van der Waals surface area contributed by atoms with E-state index in [1.165, 1.54) is 0 Å². The van der Waals surface area contributed by atoms with E-state index < -0.39 is 43.9 Å². The van der Waals surface area contributed by atoms with Gasteiger partial charge in [0.25, 0.3) is 0 Å². The fourth-order valence-corrected chi connectivity index (χ4v) is 0. The molecule has 0 spiro atoms. The van der Waals surface area contributed by atoms with Crippen molar-refractivity contribution in [3.63, 3.8) is 0 Å². The van der Waals surface area contributed by atoms with Gasteiger partial charge in [-0.2, -0.15) is 0 Å². The van der Waals surface area contributed by atoms with Crippen LogP contribution < -0.4 is 0 Å². The van der Waals surface area contributed by atoms with Gasteiger partial charge in [-0.1, -0.05) is 0 Å². The fourth-order valence-electron chi connectivity index (χ4n) is 0. The summed E-state index contributed by atoms with van der Waals surface area (Å²) in [6, 6.07) is 0. The molecule has 0 saturated carbocycles. The van der Waals surface area contributed by atoms with Crippen LogP contribution in [0.4, 0.5) is 0 Å². The van der Waals surface area contributed by atoms with Crippen LogP contribution >= 0.6 is 0 Å². The Bertz CT molecular complexity index is 292. The summed E-state index contributed by atoms with van der Waals surface area (Å²) in [7, 11) is -11.4. The summed E-state index contributed by atoms with van der Waals surface area (Å²) in [6.07, 6.45) is 0. The molecule has 0 amide bonds. The zero-order valence-corrected chi connectivity index (χ0v) is 11.4. The minimum absolute atomic E-state index is 0. The molecule has 0 atom stereocenters. The Balaban J connectivity index is -0.0000000369. The SMILES string of the molecule is O=[S-](=O)O.O=[S-](=O)O.O=[S-](=O)O.O=[S-](=O)O.[Fe+4]. The van der Waals surface area contributed by atoms with Gasteiger partial charge in [-0.05, 0) is 0 Å². The summed E-state index contributed by atoms with van der Waals surface area (Å²) in [5.41, 5.74) is 0. The van der Waals surface area contributed by atoms with Crippen molar-refractivity contribution in [3.8, 4) is 0 Å². The quantitative estimate of drug-likeness (QED) is 0.173. The molecule has 17 heavy (non-hydrogen) atoms. The Kier molecular flexibility index (Phi) is 44.8. The van der Waals surface area contributed by atoms with Gasteiger partial charge in [-0.3, -0.25) is 0 Å². The molecule has 12 nitrogen and oxygen atoms in total. The molecule has 4 N–H and O–H groups in total. The van der Waals surface area contributed by atoms with Crippen molar-refractivity contribution >= 4 is 43.9 Å². The molecular weight excluding hydrogens is 376 g/mol. The Morgan fingerprint density at radius 3 is 0.412 bits per heavy atom. The molecule has 0 fully saturated rings. The third-order valence-electron chi connectivity index (χ3n) is 0. The van der Waals surface area contributed by atoms with Crippen molar-refractivity contribution in [2.75, 3.05) is 0 Å². The zero-order valence-electron chi connectivity index (χ0n) is 7.04. The number of rotatable bonds is 0. The van der Waals surface area contributed by atoms with Crippen LogP contribution in [0.5, 0.6) is 0 Å². The van der Waals surface area contributed by atoms with Crippen LogP contribution in [-0.2, 0) is 94.7 Å². The van der Waals surface area contributed by atoms with Gasteiger partial charge in [-0.25, -0.2) is 0 Å². The summed E-state index contributed by atoms with van der Waals surface area (Å²) < 4.78 is 96.3. The predicted octanol–water partition coefficient (Wildman–Crippen LogP) is -0.928. The van der Waals surface area contributed by atoms with E-state index in [4.69, 9.17) is 51.9 Å². The molecule has 0 aliphatic rings. The molecule has 0 aromatic heterocycles. The van der Waals surface area contributed by atoms with Crippen molar-refractivity contribution in [1.82, 2.24) is 0 Å². The average Bonchev–Trinajstić information content (AvgIpc) is 1.76. The van der Waals surface area contributed by atoms with Crippen molar-refractivity contribution in [2.24, 2.45) is 0 Å². The first-order chi connectivity index (χ1) is 6.93. The minimum atomic E-state index is -2.86. The summed E-state index contributed by atoms with van der Waals surface area (Å²) in [4.78, 5) is 0. The topological polar surface area (TPSA) is 217 Å². The van der Waals surface area contributed by atoms with Crippen LogP contribution in [0.1, 0.15) is 0 Å². The second-order valence-electron chi connectivity index (χ2n) is 0.868. The fraction of sp³-hybridized carbons (Fsp3) is 0. The van der Waals surface area contributed by atoms with E-state index in [9.17, 15) is 0 Å². The molecule has 0 bridgehead atoms. The van der Waals surface area contributed by atoms with E-state index in [-0.39, 0.29) is 17.1 Å². The molecule has 0 radical (unpaired) electrons.